The zero-order valence-corrected chi connectivity index (χ0v) is 10.5. The van der Waals surface area contributed by atoms with Gasteiger partial charge in [-0.1, -0.05) is 0 Å². The summed E-state index contributed by atoms with van der Waals surface area (Å²) in [5.74, 6) is 0. The number of hydrogen-bond acceptors (Lipinski definition) is 0. The van der Waals surface area contributed by atoms with Crippen molar-refractivity contribution in [3.8, 4) is 0 Å². The van der Waals surface area contributed by atoms with Gasteiger partial charge < -0.3 is 82.1 Å². The summed E-state index contributed by atoms with van der Waals surface area (Å²) in [5.41, 5.74) is 0. The zero-order valence-electron chi connectivity index (χ0n) is 8.50. The SMILES string of the molecule is O.O.O.O.O.O.O.O.O.O.O.O.O.O.O.[Na]. The fraction of sp³-hybridized carbons (Fsp3) is 0. The molecule has 0 aromatic carbocycles. The van der Waals surface area contributed by atoms with Crippen LogP contribution in [0.4, 0.5) is 0 Å². The molecule has 30 N–H and O–H groups in total. The van der Waals surface area contributed by atoms with E-state index in [4.69, 9.17) is 0 Å². The van der Waals surface area contributed by atoms with Crippen LogP contribution in [0.15, 0.2) is 0 Å². The van der Waals surface area contributed by atoms with E-state index in [9.17, 15) is 0 Å². The van der Waals surface area contributed by atoms with E-state index in [-0.39, 0.29) is 112 Å². The van der Waals surface area contributed by atoms with Gasteiger partial charge in [0.2, 0.25) is 0 Å². The minimum atomic E-state index is 0. The Balaban J connectivity index is 0. The van der Waals surface area contributed by atoms with Crippen LogP contribution in [0.5, 0.6) is 0 Å². The van der Waals surface area contributed by atoms with Crippen LogP contribution in [0.2, 0.25) is 0 Å². The fourth-order valence-corrected chi connectivity index (χ4v) is 0. The topological polar surface area (TPSA) is 472 Å². The van der Waals surface area contributed by atoms with Crippen LogP contribution in [-0.4, -0.2) is 112 Å². The number of rotatable bonds is 0. The Bertz CT molecular complexity index is 5.40. The summed E-state index contributed by atoms with van der Waals surface area (Å²) in [4.78, 5) is 0. The van der Waals surface area contributed by atoms with E-state index in [2.05, 4.69) is 0 Å². The van der Waals surface area contributed by atoms with Crippen molar-refractivity contribution in [2.75, 3.05) is 0 Å². The molecule has 0 bridgehead atoms. The summed E-state index contributed by atoms with van der Waals surface area (Å²) in [5, 5.41) is 0. The second-order valence-corrected chi connectivity index (χ2v) is 0. The first-order valence-electron chi connectivity index (χ1n) is 0. The van der Waals surface area contributed by atoms with Gasteiger partial charge in [0.05, 0.1) is 0 Å². The van der Waals surface area contributed by atoms with Gasteiger partial charge in [0.1, 0.15) is 0 Å². The van der Waals surface area contributed by atoms with Crippen LogP contribution in [0.1, 0.15) is 0 Å². The fourth-order valence-electron chi connectivity index (χ4n) is 0. The normalized spacial score (nSPS) is 0. The molecule has 0 amide bonds. The molecule has 0 fully saturated rings. The van der Waals surface area contributed by atoms with Gasteiger partial charge in [-0.25, -0.2) is 0 Å². The predicted molar refractivity (Wildman–Crippen MR) is 60.0 cm³/mol. The Morgan fingerprint density at radius 1 is 0.125 bits per heavy atom. The van der Waals surface area contributed by atoms with Crippen molar-refractivity contribution in [2.45, 2.75) is 0 Å². The van der Waals surface area contributed by atoms with Gasteiger partial charge >= 0.3 is 0 Å². The van der Waals surface area contributed by atoms with Crippen LogP contribution in [0, 0.1) is 0 Å². The van der Waals surface area contributed by atoms with Gasteiger partial charge in [-0.15, -0.1) is 0 Å². The quantitative estimate of drug-likeness (QED) is 0.375. The van der Waals surface area contributed by atoms with Crippen LogP contribution < -0.4 is 0 Å². The van der Waals surface area contributed by atoms with Crippen LogP contribution in [0.25, 0.3) is 0 Å². The van der Waals surface area contributed by atoms with E-state index in [1.54, 1.807) is 0 Å². The third-order valence-electron chi connectivity index (χ3n) is 0. The summed E-state index contributed by atoms with van der Waals surface area (Å²) >= 11 is 0. The van der Waals surface area contributed by atoms with E-state index >= 15 is 0 Å². The molecule has 0 aliphatic carbocycles. The van der Waals surface area contributed by atoms with Crippen molar-refractivity contribution in [3.05, 3.63) is 0 Å². The molecular weight excluding hydrogens is 263 g/mol. The Kier molecular flexibility index (Phi) is 30300000. The van der Waals surface area contributed by atoms with Crippen molar-refractivity contribution in [1.29, 1.82) is 0 Å². The average molecular weight is 293 g/mol. The molecule has 121 valence electrons. The van der Waals surface area contributed by atoms with Crippen LogP contribution in [-0.2, 0) is 0 Å². The smallest absolute Gasteiger partial charge is 0 e. The first kappa shape index (κ1) is 24300. The molecule has 0 heterocycles. The second kappa shape index (κ2) is 20000. The van der Waals surface area contributed by atoms with Gasteiger partial charge in [0.25, 0.3) is 0 Å². The molecule has 0 atom stereocenters. The molecule has 0 aliphatic heterocycles. The third kappa shape index (κ3) is 16200. The van der Waals surface area contributed by atoms with Gasteiger partial charge in [0, 0.05) is 29.6 Å². The summed E-state index contributed by atoms with van der Waals surface area (Å²) in [7, 11) is 0. The Morgan fingerprint density at radius 2 is 0.125 bits per heavy atom. The van der Waals surface area contributed by atoms with E-state index in [1.807, 2.05) is 0 Å². The molecule has 0 spiro atoms. The molecule has 0 aromatic rings. The minimum Gasteiger partial charge on any atom is -0.412 e. The Hall–Kier alpha value is 0.400. The standard InChI is InChI=1S/Na.15H2O/h;15*1H2. The molecule has 16 heavy (non-hydrogen) atoms. The molecule has 0 saturated carbocycles. The Labute approximate surface area is 112 Å². The molecule has 0 saturated heterocycles. The van der Waals surface area contributed by atoms with Crippen LogP contribution in [0.3, 0.4) is 0 Å². The van der Waals surface area contributed by atoms with Crippen molar-refractivity contribution < 1.29 is 82.1 Å². The molecule has 0 rings (SSSR count). The summed E-state index contributed by atoms with van der Waals surface area (Å²) in [6.45, 7) is 0. The first-order valence-corrected chi connectivity index (χ1v) is 0. The largest absolute Gasteiger partial charge is 0.412 e. The molecule has 1 radical (unpaired) electrons. The molecule has 16 heteroatoms. The molecule has 15 nitrogen and oxygen atoms in total. The summed E-state index contributed by atoms with van der Waals surface area (Å²) in [6, 6.07) is 0. The van der Waals surface area contributed by atoms with E-state index in [0.29, 0.717) is 0 Å². The number of hydrogen-bond donors (Lipinski definition) is 0. The van der Waals surface area contributed by atoms with Gasteiger partial charge in [-0.2, -0.15) is 0 Å². The van der Waals surface area contributed by atoms with Gasteiger partial charge in [-0.3, -0.25) is 0 Å². The van der Waals surface area contributed by atoms with Crippen molar-refractivity contribution >= 4 is 29.6 Å². The monoisotopic (exact) mass is 293 g/mol. The van der Waals surface area contributed by atoms with E-state index in [0.717, 1.165) is 0 Å². The molecule has 0 aromatic heterocycles. The van der Waals surface area contributed by atoms with Crippen molar-refractivity contribution in [3.63, 3.8) is 0 Å². The maximum absolute atomic E-state index is 0. The van der Waals surface area contributed by atoms with Gasteiger partial charge in [0.15, 0.2) is 0 Å². The molecule has 0 unspecified atom stereocenters. The third-order valence-corrected chi connectivity index (χ3v) is 0. The van der Waals surface area contributed by atoms with E-state index in [1.165, 1.54) is 0 Å². The minimum absolute atomic E-state index is 0. The van der Waals surface area contributed by atoms with Crippen molar-refractivity contribution in [1.82, 2.24) is 0 Å². The van der Waals surface area contributed by atoms with E-state index < -0.39 is 0 Å². The summed E-state index contributed by atoms with van der Waals surface area (Å²) < 4.78 is 0. The average Bonchev–Trinajstić information content (AvgIpc) is 0. The molecular formula is H30NaO15. The maximum Gasteiger partial charge on any atom is 0 e. The first-order chi connectivity index (χ1) is 0. The zero-order chi connectivity index (χ0) is 0. The molecule has 0 aliphatic rings. The Morgan fingerprint density at radius 3 is 0.125 bits per heavy atom. The second-order valence-electron chi connectivity index (χ2n) is 0. The maximum atomic E-state index is 0. The predicted octanol–water partition coefficient (Wildman–Crippen LogP) is -12.8. The summed E-state index contributed by atoms with van der Waals surface area (Å²) in [6.07, 6.45) is 0. The van der Waals surface area contributed by atoms with Gasteiger partial charge in [-0.05, 0) is 0 Å². The van der Waals surface area contributed by atoms with Crippen LogP contribution >= 0.6 is 0 Å². The van der Waals surface area contributed by atoms with Crippen molar-refractivity contribution in [2.24, 2.45) is 0 Å².